The van der Waals surface area contributed by atoms with Gasteiger partial charge in [-0.3, -0.25) is 9.48 Å². The number of rotatable bonds is 3. The summed E-state index contributed by atoms with van der Waals surface area (Å²) >= 11 is 0. The molecule has 3 rings (SSSR count). The molecule has 1 saturated heterocycles. The van der Waals surface area contributed by atoms with E-state index in [1.54, 1.807) is 10.9 Å². The Bertz CT molecular complexity index is 674. The number of pyridine rings is 1. The molecule has 0 aromatic carbocycles. The van der Waals surface area contributed by atoms with E-state index in [2.05, 4.69) is 15.4 Å². The first kappa shape index (κ1) is 14.0. The van der Waals surface area contributed by atoms with Gasteiger partial charge in [-0.1, -0.05) is 0 Å². The van der Waals surface area contributed by atoms with Crippen molar-refractivity contribution in [2.45, 2.75) is 38.8 Å². The van der Waals surface area contributed by atoms with Gasteiger partial charge in [0.25, 0.3) is 5.91 Å². The predicted octanol–water partition coefficient (Wildman–Crippen LogP) is 1.57. The molecule has 1 amide bonds. The monoisotopic (exact) mass is 288 g/mol. The molecule has 6 heteroatoms. The van der Waals surface area contributed by atoms with Crippen molar-refractivity contribution in [1.82, 2.24) is 20.1 Å². The van der Waals surface area contributed by atoms with Gasteiger partial charge in [-0.25, -0.2) is 4.98 Å². The maximum Gasteiger partial charge on any atom is 0.253 e. The van der Waals surface area contributed by atoms with Gasteiger partial charge in [-0.15, -0.1) is 0 Å². The summed E-state index contributed by atoms with van der Waals surface area (Å²) in [6.45, 7) is 4.68. The average Bonchev–Trinajstić information content (AvgIpc) is 3.08. The van der Waals surface area contributed by atoms with Gasteiger partial charge < -0.3 is 10.1 Å². The molecular formula is C15H20N4O2. The minimum Gasteiger partial charge on any atom is -0.376 e. The fraction of sp³-hybridized carbons (Fsp3) is 0.533. The Balaban J connectivity index is 1.79. The lowest BCUT2D eigenvalue weighted by molar-refractivity contribution is 0.0712. The Morgan fingerprint density at radius 1 is 1.57 bits per heavy atom. The first-order valence-electron chi connectivity index (χ1n) is 7.28. The van der Waals surface area contributed by atoms with Crippen molar-refractivity contribution in [3.05, 3.63) is 23.5 Å². The molecule has 3 heterocycles. The molecular weight excluding hydrogens is 268 g/mol. The maximum absolute atomic E-state index is 12.3. The minimum absolute atomic E-state index is 0.00527. The number of fused-ring (bicyclic) bond motifs is 1. The van der Waals surface area contributed by atoms with Crippen molar-refractivity contribution in [2.75, 3.05) is 6.61 Å². The Kier molecular flexibility index (Phi) is 3.63. The first-order chi connectivity index (χ1) is 10.1. The van der Waals surface area contributed by atoms with E-state index in [-0.39, 0.29) is 18.1 Å². The number of hydrogen-bond acceptors (Lipinski definition) is 4. The third-order valence-corrected chi connectivity index (χ3v) is 4.01. The molecule has 0 saturated carbocycles. The van der Waals surface area contributed by atoms with Crippen LogP contribution in [0.1, 0.15) is 35.8 Å². The van der Waals surface area contributed by atoms with E-state index in [4.69, 9.17) is 4.74 Å². The standard InChI is InChI=1S/C15H20N4O2/c1-9-12-7-11(8-16-14(12)19(3)18-9)15(20)17-10(2)13-5-4-6-21-13/h7-8,10,13H,4-6H2,1-3H3,(H,17,20)/t10-,13-/m1/s1. The van der Waals surface area contributed by atoms with Crippen LogP contribution in [0.4, 0.5) is 0 Å². The van der Waals surface area contributed by atoms with E-state index in [1.807, 2.05) is 27.0 Å². The molecule has 6 nitrogen and oxygen atoms in total. The van der Waals surface area contributed by atoms with Gasteiger partial charge in [0.1, 0.15) is 0 Å². The lowest BCUT2D eigenvalue weighted by Gasteiger charge is -2.19. The zero-order valence-electron chi connectivity index (χ0n) is 12.6. The smallest absolute Gasteiger partial charge is 0.253 e. The third kappa shape index (κ3) is 2.63. The molecule has 1 N–H and O–H groups in total. The van der Waals surface area contributed by atoms with Gasteiger partial charge >= 0.3 is 0 Å². The van der Waals surface area contributed by atoms with Crippen LogP contribution in [0.5, 0.6) is 0 Å². The van der Waals surface area contributed by atoms with Gasteiger partial charge in [0.2, 0.25) is 0 Å². The molecule has 2 aromatic heterocycles. The molecule has 21 heavy (non-hydrogen) atoms. The van der Waals surface area contributed by atoms with Crippen molar-refractivity contribution in [2.24, 2.45) is 7.05 Å². The van der Waals surface area contributed by atoms with E-state index in [9.17, 15) is 4.79 Å². The number of aryl methyl sites for hydroxylation is 2. The van der Waals surface area contributed by atoms with Gasteiger partial charge in [0, 0.05) is 25.2 Å². The molecule has 1 fully saturated rings. The number of nitrogens with one attached hydrogen (secondary N) is 1. The fourth-order valence-electron chi connectivity index (χ4n) is 2.81. The molecule has 0 bridgehead atoms. The Labute approximate surface area is 123 Å². The summed E-state index contributed by atoms with van der Waals surface area (Å²) in [7, 11) is 1.85. The van der Waals surface area contributed by atoms with E-state index < -0.39 is 0 Å². The average molecular weight is 288 g/mol. The van der Waals surface area contributed by atoms with E-state index >= 15 is 0 Å². The Morgan fingerprint density at radius 3 is 3.10 bits per heavy atom. The van der Waals surface area contributed by atoms with Crippen LogP contribution in [0.2, 0.25) is 0 Å². The van der Waals surface area contributed by atoms with E-state index in [0.29, 0.717) is 5.56 Å². The number of amides is 1. The van der Waals surface area contributed by atoms with Crippen LogP contribution in [0.15, 0.2) is 12.3 Å². The molecule has 0 spiro atoms. The predicted molar refractivity (Wildman–Crippen MR) is 79.1 cm³/mol. The number of carbonyl (C=O) groups excluding carboxylic acids is 1. The normalized spacial score (nSPS) is 19.9. The topological polar surface area (TPSA) is 69.0 Å². The number of nitrogens with zero attached hydrogens (tertiary/aromatic N) is 3. The number of aromatic nitrogens is 3. The van der Waals surface area contributed by atoms with Gasteiger partial charge in [0.15, 0.2) is 5.65 Å². The number of ether oxygens (including phenoxy) is 1. The molecule has 2 atom stereocenters. The largest absolute Gasteiger partial charge is 0.376 e. The summed E-state index contributed by atoms with van der Waals surface area (Å²) in [5, 5.41) is 8.23. The van der Waals surface area contributed by atoms with Gasteiger partial charge in [-0.2, -0.15) is 5.10 Å². The molecule has 0 aliphatic carbocycles. The number of carbonyl (C=O) groups is 1. The SMILES string of the molecule is Cc1nn(C)c2ncc(C(=O)N[C@H](C)[C@H]3CCCO3)cc12. The summed E-state index contributed by atoms with van der Waals surface area (Å²) in [5.74, 6) is -0.115. The summed E-state index contributed by atoms with van der Waals surface area (Å²) < 4.78 is 7.32. The number of hydrogen-bond donors (Lipinski definition) is 1. The second-order valence-electron chi connectivity index (χ2n) is 5.62. The summed E-state index contributed by atoms with van der Waals surface area (Å²) in [6, 6.07) is 1.85. The lowest BCUT2D eigenvalue weighted by atomic mass is 10.1. The summed E-state index contributed by atoms with van der Waals surface area (Å²) in [5.41, 5.74) is 2.22. The van der Waals surface area contributed by atoms with Gasteiger partial charge in [0.05, 0.1) is 23.4 Å². The quantitative estimate of drug-likeness (QED) is 0.931. The zero-order valence-corrected chi connectivity index (χ0v) is 12.6. The van der Waals surface area contributed by atoms with Crippen molar-refractivity contribution in [1.29, 1.82) is 0 Å². The highest BCUT2D eigenvalue weighted by Gasteiger charge is 2.24. The van der Waals surface area contributed by atoms with Crippen LogP contribution in [0.3, 0.4) is 0 Å². The minimum atomic E-state index is -0.115. The summed E-state index contributed by atoms with van der Waals surface area (Å²) in [6.07, 6.45) is 3.78. The van der Waals surface area contributed by atoms with Gasteiger partial charge in [-0.05, 0) is 32.8 Å². The molecule has 2 aromatic rings. The maximum atomic E-state index is 12.3. The first-order valence-corrected chi connectivity index (χ1v) is 7.28. The van der Waals surface area contributed by atoms with Crippen LogP contribution in [0.25, 0.3) is 11.0 Å². The van der Waals surface area contributed by atoms with Crippen molar-refractivity contribution >= 4 is 16.9 Å². The van der Waals surface area contributed by atoms with E-state index in [1.165, 1.54) is 0 Å². The van der Waals surface area contributed by atoms with Crippen LogP contribution < -0.4 is 5.32 Å². The van der Waals surface area contributed by atoms with Crippen LogP contribution >= 0.6 is 0 Å². The highest BCUT2D eigenvalue weighted by molar-refractivity contribution is 5.97. The molecule has 112 valence electrons. The molecule has 0 unspecified atom stereocenters. The highest BCUT2D eigenvalue weighted by Crippen LogP contribution is 2.18. The fourth-order valence-corrected chi connectivity index (χ4v) is 2.81. The van der Waals surface area contributed by atoms with Crippen molar-refractivity contribution in [3.8, 4) is 0 Å². The molecule has 0 radical (unpaired) electrons. The summed E-state index contributed by atoms with van der Waals surface area (Å²) in [4.78, 5) is 16.7. The van der Waals surface area contributed by atoms with Crippen LogP contribution in [0, 0.1) is 6.92 Å². The highest BCUT2D eigenvalue weighted by atomic mass is 16.5. The van der Waals surface area contributed by atoms with Crippen LogP contribution in [-0.4, -0.2) is 39.4 Å². The zero-order chi connectivity index (χ0) is 15.0. The Hall–Kier alpha value is -1.95. The van der Waals surface area contributed by atoms with E-state index in [0.717, 1.165) is 36.2 Å². The van der Waals surface area contributed by atoms with Crippen molar-refractivity contribution in [3.63, 3.8) is 0 Å². The second-order valence-corrected chi connectivity index (χ2v) is 5.62. The molecule has 1 aliphatic rings. The molecule has 1 aliphatic heterocycles. The van der Waals surface area contributed by atoms with Crippen LogP contribution in [-0.2, 0) is 11.8 Å². The third-order valence-electron chi connectivity index (χ3n) is 4.01. The Morgan fingerprint density at radius 2 is 2.38 bits per heavy atom. The van der Waals surface area contributed by atoms with Crippen molar-refractivity contribution < 1.29 is 9.53 Å². The lowest BCUT2D eigenvalue weighted by Crippen LogP contribution is -2.40. The second kappa shape index (κ2) is 5.44.